The topological polar surface area (TPSA) is 71.5 Å². The molecule has 2 aromatic rings. The van der Waals surface area contributed by atoms with Gasteiger partial charge in [0.25, 0.3) is 0 Å². The molecule has 0 saturated carbocycles. The van der Waals surface area contributed by atoms with E-state index in [1.807, 2.05) is 18.2 Å². The summed E-state index contributed by atoms with van der Waals surface area (Å²) in [6, 6.07) is 15.7. The van der Waals surface area contributed by atoms with Gasteiger partial charge < -0.3 is 0 Å². The highest BCUT2D eigenvalue weighted by atomic mass is 32.2. The van der Waals surface area contributed by atoms with Gasteiger partial charge in [-0.15, -0.1) is 0 Å². The zero-order valence-corrected chi connectivity index (χ0v) is 15.6. The Labute approximate surface area is 149 Å². The van der Waals surface area contributed by atoms with Crippen LogP contribution in [0.4, 0.5) is 0 Å². The van der Waals surface area contributed by atoms with Crippen LogP contribution in [0.1, 0.15) is 24.3 Å². The molecule has 1 aliphatic rings. The highest BCUT2D eigenvalue weighted by molar-refractivity contribution is 7.91. The first-order valence-corrected chi connectivity index (χ1v) is 11.5. The first kappa shape index (κ1) is 18.1. The summed E-state index contributed by atoms with van der Waals surface area (Å²) < 4.78 is 50.5. The van der Waals surface area contributed by atoms with Crippen LogP contribution < -0.4 is 0 Å². The van der Waals surface area contributed by atoms with Gasteiger partial charge >= 0.3 is 0 Å². The van der Waals surface area contributed by atoms with E-state index in [0.29, 0.717) is 19.0 Å². The third-order valence-corrected chi connectivity index (χ3v) is 7.60. The number of piperidine rings is 1. The average Bonchev–Trinajstić information content (AvgIpc) is 2.62. The van der Waals surface area contributed by atoms with Crippen LogP contribution >= 0.6 is 0 Å². The van der Waals surface area contributed by atoms with Gasteiger partial charge in [0, 0.05) is 19.3 Å². The molecule has 3 rings (SSSR count). The van der Waals surface area contributed by atoms with Crippen molar-refractivity contribution >= 4 is 19.9 Å². The number of rotatable bonds is 4. The molecular formula is C18H21NO4S2. The van der Waals surface area contributed by atoms with Crippen molar-refractivity contribution in [3.8, 4) is 0 Å². The van der Waals surface area contributed by atoms with Crippen LogP contribution in [0.2, 0.25) is 0 Å². The van der Waals surface area contributed by atoms with E-state index in [9.17, 15) is 16.8 Å². The molecule has 25 heavy (non-hydrogen) atoms. The molecule has 0 radical (unpaired) electrons. The second-order valence-electron chi connectivity index (χ2n) is 6.34. The number of nitrogens with zero attached hydrogens (tertiary/aromatic N) is 1. The van der Waals surface area contributed by atoms with Crippen LogP contribution in [0.25, 0.3) is 0 Å². The summed E-state index contributed by atoms with van der Waals surface area (Å²) in [6.45, 7) is 0.871. The highest BCUT2D eigenvalue weighted by Crippen LogP contribution is 2.30. The van der Waals surface area contributed by atoms with Crippen LogP contribution in [0.5, 0.6) is 0 Å². The fourth-order valence-electron chi connectivity index (χ4n) is 3.17. The first-order valence-electron chi connectivity index (χ1n) is 8.14. The summed E-state index contributed by atoms with van der Waals surface area (Å²) in [4.78, 5) is 0.0568. The third kappa shape index (κ3) is 3.94. The molecule has 0 amide bonds. The van der Waals surface area contributed by atoms with Crippen LogP contribution in [-0.2, 0) is 19.9 Å². The van der Waals surface area contributed by atoms with E-state index in [1.165, 1.54) is 34.1 Å². The van der Waals surface area contributed by atoms with Crippen LogP contribution in [0.15, 0.2) is 64.4 Å². The molecular weight excluding hydrogens is 358 g/mol. The molecule has 1 aliphatic heterocycles. The lowest BCUT2D eigenvalue weighted by Gasteiger charge is -2.31. The summed E-state index contributed by atoms with van der Waals surface area (Å²) in [6.07, 6.45) is 2.59. The van der Waals surface area contributed by atoms with Crippen LogP contribution in [0, 0.1) is 0 Å². The SMILES string of the molecule is CS(=O)(=O)c1cccc(S(=O)(=O)N2CCC(c3ccccc3)CC2)c1. The van der Waals surface area contributed by atoms with Crippen molar-refractivity contribution in [2.45, 2.75) is 28.6 Å². The Morgan fingerprint density at radius 2 is 1.44 bits per heavy atom. The monoisotopic (exact) mass is 379 g/mol. The lowest BCUT2D eigenvalue weighted by molar-refractivity contribution is 0.319. The Hall–Kier alpha value is -1.70. The van der Waals surface area contributed by atoms with Gasteiger partial charge in [-0.2, -0.15) is 4.31 Å². The zero-order chi connectivity index (χ0) is 18.1. The zero-order valence-electron chi connectivity index (χ0n) is 14.0. The molecule has 0 N–H and O–H groups in total. The minimum atomic E-state index is -3.68. The van der Waals surface area contributed by atoms with Crippen molar-refractivity contribution in [2.24, 2.45) is 0 Å². The van der Waals surface area contributed by atoms with Crippen molar-refractivity contribution < 1.29 is 16.8 Å². The number of sulfonamides is 1. The number of hydrogen-bond acceptors (Lipinski definition) is 4. The molecule has 1 fully saturated rings. The molecule has 0 aliphatic carbocycles. The molecule has 1 heterocycles. The maximum Gasteiger partial charge on any atom is 0.243 e. The molecule has 5 nitrogen and oxygen atoms in total. The summed E-state index contributed by atoms with van der Waals surface area (Å²) in [5.41, 5.74) is 1.23. The van der Waals surface area contributed by atoms with E-state index in [0.717, 1.165) is 19.1 Å². The maximum atomic E-state index is 12.8. The number of benzene rings is 2. The van der Waals surface area contributed by atoms with Crippen LogP contribution in [0.3, 0.4) is 0 Å². The maximum absolute atomic E-state index is 12.8. The Morgan fingerprint density at radius 3 is 2.04 bits per heavy atom. The summed E-state index contributed by atoms with van der Waals surface area (Å²) in [5.74, 6) is 0.356. The normalized spacial score (nSPS) is 17.5. The van der Waals surface area contributed by atoms with E-state index in [-0.39, 0.29) is 9.79 Å². The smallest absolute Gasteiger partial charge is 0.224 e. The van der Waals surface area contributed by atoms with Crippen molar-refractivity contribution in [1.29, 1.82) is 0 Å². The van der Waals surface area contributed by atoms with Gasteiger partial charge in [-0.05, 0) is 42.5 Å². The summed E-state index contributed by atoms with van der Waals surface area (Å²) >= 11 is 0. The molecule has 0 spiro atoms. The number of hydrogen-bond donors (Lipinski definition) is 0. The molecule has 0 aromatic heterocycles. The Morgan fingerprint density at radius 1 is 0.840 bits per heavy atom. The van der Waals surface area contributed by atoms with E-state index >= 15 is 0 Å². The second kappa shape index (κ2) is 6.90. The molecule has 7 heteroatoms. The van der Waals surface area contributed by atoms with Gasteiger partial charge in [0.15, 0.2) is 9.84 Å². The Bertz CT molecular complexity index is 946. The third-order valence-electron chi connectivity index (χ3n) is 4.60. The second-order valence-corrected chi connectivity index (χ2v) is 10.3. The van der Waals surface area contributed by atoms with Gasteiger partial charge in [-0.1, -0.05) is 36.4 Å². The van der Waals surface area contributed by atoms with Gasteiger partial charge in [-0.25, -0.2) is 16.8 Å². The summed E-state index contributed by atoms with van der Waals surface area (Å²) in [5, 5.41) is 0. The van der Waals surface area contributed by atoms with E-state index in [2.05, 4.69) is 12.1 Å². The van der Waals surface area contributed by atoms with Crippen molar-refractivity contribution in [1.82, 2.24) is 4.31 Å². The molecule has 134 valence electrons. The van der Waals surface area contributed by atoms with E-state index in [4.69, 9.17) is 0 Å². The van der Waals surface area contributed by atoms with Gasteiger partial charge in [0.05, 0.1) is 9.79 Å². The van der Waals surface area contributed by atoms with E-state index < -0.39 is 19.9 Å². The largest absolute Gasteiger partial charge is 0.243 e. The van der Waals surface area contributed by atoms with Crippen LogP contribution in [-0.4, -0.2) is 40.5 Å². The molecule has 0 bridgehead atoms. The lowest BCUT2D eigenvalue weighted by Crippen LogP contribution is -2.37. The molecule has 0 unspecified atom stereocenters. The predicted molar refractivity (Wildman–Crippen MR) is 96.7 cm³/mol. The standard InChI is InChI=1S/C18H21NO4S2/c1-24(20,21)17-8-5-9-18(14-17)25(22,23)19-12-10-16(11-13-19)15-6-3-2-4-7-15/h2-9,14,16H,10-13H2,1H3. The average molecular weight is 380 g/mol. The molecule has 2 aromatic carbocycles. The van der Waals surface area contributed by atoms with E-state index in [1.54, 1.807) is 0 Å². The van der Waals surface area contributed by atoms with Gasteiger partial charge in [0.2, 0.25) is 10.0 Å². The minimum absolute atomic E-state index is 0.0211. The minimum Gasteiger partial charge on any atom is -0.224 e. The first-order chi connectivity index (χ1) is 11.8. The summed E-state index contributed by atoms with van der Waals surface area (Å²) in [7, 11) is -7.13. The molecule has 1 saturated heterocycles. The Kier molecular flexibility index (Phi) is 4.99. The van der Waals surface area contributed by atoms with Gasteiger partial charge in [-0.3, -0.25) is 0 Å². The van der Waals surface area contributed by atoms with Crippen molar-refractivity contribution in [3.05, 3.63) is 60.2 Å². The Balaban J connectivity index is 1.79. The predicted octanol–water partition coefficient (Wildman–Crippen LogP) is 2.66. The van der Waals surface area contributed by atoms with Gasteiger partial charge in [0.1, 0.15) is 0 Å². The molecule has 0 atom stereocenters. The highest BCUT2D eigenvalue weighted by Gasteiger charge is 2.30. The lowest BCUT2D eigenvalue weighted by atomic mass is 9.90. The van der Waals surface area contributed by atoms with Crippen molar-refractivity contribution in [3.63, 3.8) is 0 Å². The van der Waals surface area contributed by atoms with Crippen molar-refractivity contribution in [2.75, 3.05) is 19.3 Å². The quantitative estimate of drug-likeness (QED) is 0.819. The fourth-order valence-corrected chi connectivity index (χ4v) is 5.43. The number of sulfone groups is 1. The fraction of sp³-hybridized carbons (Fsp3) is 0.333.